The van der Waals surface area contributed by atoms with Gasteiger partial charge in [0.05, 0.1) is 6.42 Å². The van der Waals surface area contributed by atoms with E-state index in [0.29, 0.717) is 11.4 Å². The van der Waals surface area contributed by atoms with E-state index in [2.05, 4.69) is 50.4 Å². The molecule has 0 aliphatic carbocycles. The summed E-state index contributed by atoms with van der Waals surface area (Å²) in [5, 5.41) is 3.72. The number of carbonyl (C=O) groups is 1. The van der Waals surface area contributed by atoms with E-state index in [1.54, 1.807) is 0 Å². The molecular weight excluding hydrogens is 306 g/mol. The van der Waals surface area contributed by atoms with E-state index < -0.39 is 0 Å². The van der Waals surface area contributed by atoms with E-state index in [1.807, 2.05) is 30.3 Å². The maximum atomic E-state index is 12.2. The Balaban J connectivity index is 1.93. The molecule has 2 aromatic carbocycles. The van der Waals surface area contributed by atoms with Crippen LogP contribution in [0.5, 0.6) is 0 Å². The van der Waals surface area contributed by atoms with Crippen LogP contribution in [0.2, 0.25) is 5.02 Å². The molecule has 23 heavy (non-hydrogen) atoms. The van der Waals surface area contributed by atoms with Gasteiger partial charge in [-0.25, -0.2) is 0 Å². The van der Waals surface area contributed by atoms with Crippen molar-refractivity contribution in [1.29, 1.82) is 0 Å². The third-order valence-electron chi connectivity index (χ3n) is 4.09. The van der Waals surface area contributed by atoms with Gasteiger partial charge in [-0.1, -0.05) is 74.0 Å². The molecule has 1 unspecified atom stereocenters. The first-order valence-corrected chi connectivity index (χ1v) is 8.34. The number of nitrogens with one attached hydrogen (secondary N) is 1. The normalized spacial score (nSPS) is 12.7. The Kier molecular flexibility index (Phi) is 5.84. The quantitative estimate of drug-likeness (QED) is 0.813. The highest BCUT2D eigenvalue weighted by atomic mass is 35.5. The van der Waals surface area contributed by atoms with Gasteiger partial charge in [-0.3, -0.25) is 4.79 Å². The van der Waals surface area contributed by atoms with Gasteiger partial charge in [-0.05, 0) is 36.0 Å². The second kappa shape index (κ2) is 7.65. The summed E-state index contributed by atoms with van der Waals surface area (Å²) >= 11 is 6.11. The maximum absolute atomic E-state index is 12.2. The molecule has 0 aliphatic rings. The molecule has 1 atom stereocenters. The van der Waals surface area contributed by atoms with Gasteiger partial charge in [0.2, 0.25) is 5.91 Å². The van der Waals surface area contributed by atoms with Crippen molar-refractivity contribution in [1.82, 2.24) is 5.32 Å². The smallest absolute Gasteiger partial charge is 0.224 e. The fraction of sp³-hybridized carbons (Fsp3) is 0.350. The van der Waals surface area contributed by atoms with E-state index in [1.165, 1.54) is 5.56 Å². The van der Waals surface area contributed by atoms with Gasteiger partial charge >= 0.3 is 0 Å². The van der Waals surface area contributed by atoms with Crippen LogP contribution in [0.15, 0.2) is 54.6 Å². The van der Waals surface area contributed by atoms with Crippen LogP contribution in [0.3, 0.4) is 0 Å². The molecule has 0 bridgehead atoms. The standard InChI is InChI=1S/C20H24ClNO/c1-15(14-20(2,3)17-10-5-4-6-11-17)22-19(23)13-16-9-7-8-12-18(16)21/h4-12,15H,13-14H2,1-3H3,(H,22,23). The average Bonchev–Trinajstić information content (AvgIpc) is 2.50. The minimum atomic E-state index is 0.00876. The van der Waals surface area contributed by atoms with Crippen LogP contribution in [0.1, 0.15) is 38.3 Å². The van der Waals surface area contributed by atoms with Gasteiger partial charge in [-0.2, -0.15) is 0 Å². The van der Waals surface area contributed by atoms with Crippen molar-refractivity contribution in [2.75, 3.05) is 0 Å². The van der Waals surface area contributed by atoms with E-state index in [9.17, 15) is 4.79 Å². The zero-order valence-corrected chi connectivity index (χ0v) is 14.7. The molecule has 0 spiro atoms. The first-order valence-electron chi connectivity index (χ1n) is 7.97. The Morgan fingerprint density at radius 1 is 1.09 bits per heavy atom. The molecule has 2 rings (SSSR count). The van der Waals surface area contributed by atoms with Crippen LogP contribution >= 0.6 is 11.6 Å². The lowest BCUT2D eigenvalue weighted by atomic mass is 9.79. The molecule has 2 nitrogen and oxygen atoms in total. The zero-order valence-electron chi connectivity index (χ0n) is 14.0. The van der Waals surface area contributed by atoms with E-state index >= 15 is 0 Å². The second-order valence-corrected chi connectivity index (χ2v) is 7.10. The third kappa shape index (κ3) is 5.11. The molecule has 0 aromatic heterocycles. The molecular formula is C20H24ClNO. The third-order valence-corrected chi connectivity index (χ3v) is 4.46. The van der Waals surface area contributed by atoms with Crippen molar-refractivity contribution >= 4 is 17.5 Å². The van der Waals surface area contributed by atoms with Crippen LogP contribution < -0.4 is 5.32 Å². The van der Waals surface area contributed by atoms with E-state index in [-0.39, 0.29) is 17.4 Å². The first-order chi connectivity index (χ1) is 10.9. The first kappa shape index (κ1) is 17.6. The fourth-order valence-corrected chi connectivity index (χ4v) is 3.17. The number of amides is 1. The Bertz CT molecular complexity index is 652. The molecule has 0 radical (unpaired) electrons. The molecule has 0 aliphatic heterocycles. The zero-order chi connectivity index (χ0) is 16.9. The van der Waals surface area contributed by atoms with Crippen molar-refractivity contribution in [3.8, 4) is 0 Å². The fourth-order valence-electron chi connectivity index (χ4n) is 2.96. The van der Waals surface area contributed by atoms with Gasteiger partial charge in [-0.15, -0.1) is 0 Å². The summed E-state index contributed by atoms with van der Waals surface area (Å²) < 4.78 is 0. The summed E-state index contributed by atoms with van der Waals surface area (Å²) in [6, 6.07) is 18.0. The van der Waals surface area contributed by atoms with Gasteiger partial charge in [0, 0.05) is 11.1 Å². The molecule has 0 saturated heterocycles. The van der Waals surface area contributed by atoms with Gasteiger partial charge in [0.25, 0.3) is 0 Å². The summed E-state index contributed by atoms with van der Waals surface area (Å²) in [6.07, 6.45) is 1.20. The average molecular weight is 330 g/mol. The minimum absolute atomic E-state index is 0.00876. The largest absolute Gasteiger partial charge is 0.353 e. The Hall–Kier alpha value is -1.80. The number of benzene rings is 2. The topological polar surface area (TPSA) is 29.1 Å². The number of hydrogen-bond acceptors (Lipinski definition) is 1. The summed E-state index contributed by atoms with van der Waals surface area (Å²) in [6.45, 7) is 6.47. The molecule has 122 valence electrons. The molecule has 3 heteroatoms. The van der Waals surface area contributed by atoms with Crippen molar-refractivity contribution in [3.63, 3.8) is 0 Å². The molecule has 0 fully saturated rings. The molecule has 0 heterocycles. The van der Waals surface area contributed by atoms with Crippen LogP contribution in [0, 0.1) is 0 Å². The van der Waals surface area contributed by atoms with Crippen molar-refractivity contribution in [3.05, 3.63) is 70.7 Å². The highest BCUT2D eigenvalue weighted by Crippen LogP contribution is 2.28. The molecule has 1 N–H and O–H groups in total. The lowest BCUT2D eigenvalue weighted by Crippen LogP contribution is -2.38. The van der Waals surface area contributed by atoms with Crippen molar-refractivity contribution in [2.24, 2.45) is 0 Å². The Morgan fingerprint density at radius 3 is 2.35 bits per heavy atom. The monoisotopic (exact) mass is 329 g/mol. The number of rotatable bonds is 6. The maximum Gasteiger partial charge on any atom is 0.224 e. The highest BCUT2D eigenvalue weighted by molar-refractivity contribution is 6.31. The van der Waals surface area contributed by atoms with Crippen LogP contribution in [0.4, 0.5) is 0 Å². The molecule has 0 saturated carbocycles. The Labute approximate surface area is 143 Å². The molecule has 1 amide bonds. The number of halogens is 1. The lowest BCUT2D eigenvalue weighted by molar-refractivity contribution is -0.121. The van der Waals surface area contributed by atoms with E-state index in [4.69, 9.17) is 11.6 Å². The SMILES string of the molecule is CC(CC(C)(C)c1ccccc1)NC(=O)Cc1ccccc1Cl. The molecule has 2 aromatic rings. The highest BCUT2D eigenvalue weighted by Gasteiger charge is 2.24. The van der Waals surface area contributed by atoms with E-state index in [0.717, 1.165) is 12.0 Å². The number of hydrogen-bond donors (Lipinski definition) is 1. The van der Waals surface area contributed by atoms with Crippen LogP contribution in [-0.2, 0) is 16.6 Å². The van der Waals surface area contributed by atoms with Crippen molar-refractivity contribution in [2.45, 2.75) is 45.1 Å². The lowest BCUT2D eigenvalue weighted by Gasteiger charge is -2.29. The predicted molar refractivity (Wildman–Crippen MR) is 96.8 cm³/mol. The van der Waals surface area contributed by atoms with Gasteiger partial charge in [0.15, 0.2) is 0 Å². The summed E-state index contributed by atoms with van der Waals surface area (Å²) in [4.78, 5) is 12.2. The van der Waals surface area contributed by atoms with Gasteiger partial charge < -0.3 is 5.32 Å². The van der Waals surface area contributed by atoms with Crippen LogP contribution in [-0.4, -0.2) is 11.9 Å². The van der Waals surface area contributed by atoms with Crippen molar-refractivity contribution < 1.29 is 4.79 Å². The number of carbonyl (C=O) groups excluding carboxylic acids is 1. The minimum Gasteiger partial charge on any atom is -0.353 e. The summed E-state index contributed by atoms with van der Waals surface area (Å²) in [7, 11) is 0. The summed E-state index contributed by atoms with van der Waals surface area (Å²) in [5.41, 5.74) is 2.16. The van der Waals surface area contributed by atoms with Crippen LogP contribution in [0.25, 0.3) is 0 Å². The van der Waals surface area contributed by atoms with Gasteiger partial charge in [0.1, 0.15) is 0 Å². The Morgan fingerprint density at radius 2 is 1.70 bits per heavy atom. The predicted octanol–water partition coefficient (Wildman–Crippen LogP) is 4.76. The second-order valence-electron chi connectivity index (χ2n) is 6.69. The summed E-state index contributed by atoms with van der Waals surface area (Å²) in [5.74, 6) is 0.00876.